The molecule has 0 aliphatic heterocycles. The van der Waals surface area contributed by atoms with Crippen LogP contribution in [0, 0.1) is 11.2 Å². The third kappa shape index (κ3) is 5.37. The normalized spacial score (nSPS) is 11.3. The summed E-state index contributed by atoms with van der Waals surface area (Å²) in [6.45, 7) is 6.72. The van der Waals surface area contributed by atoms with Crippen molar-refractivity contribution in [1.82, 2.24) is 0 Å². The van der Waals surface area contributed by atoms with Gasteiger partial charge in [-0.15, -0.1) is 0 Å². The van der Waals surface area contributed by atoms with Crippen LogP contribution in [-0.2, 0) is 6.42 Å². The lowest BCUT2D eigenvalue weighted by molar-refractivity contribution is 0.102. The van der Waals surface area contributed by atoms with Crippen molar-refractivity contribution in [2.24, 2.45) is 5.41 Å². The van der Waals surface area contributed by atoms with E-state index in [1.54, 1.807) is 0 Å². The third-order valence-electron chi connectivity index (χ3n) is 3.86. The van der Waals surface area contributed by atoms with E-state index in [0.29, 0.717) is 11.1 Å². The van der Waals surface area contributed by atoms with Crippen molar-refractivity contribution < 1.29 is 9.18 Å². The molecule has 0 aliphatic carbocycles. The molecule has 0 spiro atoms. The van der Waals surface area contributed by atoms with Crippen LogP contribution in [-0.4, -0.2) is 5.91 Å². The van der Waals surface area contributed by atoms with E-state index in [2.05, 4.69) is 26.1 Å². The van der Waals surface area contributed by atoms with Crippen LogP contribution in [0.1, 0.15) is 49.5 Å². The SMILES string of the molecule is CC(C)(C)CCCc1ccc(NC(=O)c2cc(F)ccc2N)cc1. The standard InChI is InChI=1S/C20H25FN2O/c1-20(2,3)12-4-5-14-6-9-16(10-7-14)23-19(24)17-13-15(21)8-11-18(17)22/h6-11,13H,4-5,12,22H2,1-3H3,(H,23,24). The van der Waals surface area contributed by atoms with Gasteiger partial charge in [0.2, 0.25) is 0 Å². The van der Waals surface area contributed by atoms with E-state index in [0.717, 1.165) is 18.9 Å². The van der Waals surface area contributed by atoms with Crippen molar-refractivity contribution >= 4 is 17.3 Å². The van der Waals surface area contributed by atoms with E-state index < -0.39 is 11.7 Å². The molecule has 4 heteroatoms. The first-order valence-corrected chi connectivity index (χ1v) is 8.20. The number of hydrogen-bond acceptors (Lipinski definition) is 2. The van der Waals surface area contributed by atoms with E-state index in [1.807, 2.05) is 24.3 Å². The van der Waals surface area contributed by atoms with Gasteiger partial charge in [0.25, 0.3) is 5.91 Å². The van der Waals surface area contributed by atoms with Crippen LogP contribution in [0.5, 0.6) is 0 Å². The zero-order chi connectivity index (χ0) is 17.7. The summed E-state index contributed by atoms with van der Waals surface area (Å²) < 4.78 is 13.3. The van der Waals surface area contributed by atoms with Gasteiger partial charge in [0.15, 0.2) is 0 Å². The molecule has 0 heterocycles. The van der Waals surface area contributed by atoms with Crippen LogP contribution in [0.25, 0.3) is 0 Å². The van der Waals surface area contributed by atoms with E-state index in [1.165, 1.54) is 24.1 Å². The minimum Gasteiger partial charge on any atom is -0.398 e. The van der Waals surface area contributed by atoms with Gasteiger partial charge in [0.1, 0.15) is 5.82 Å². The van der Waals surface area contributed by atoms with Gasteiger partial charge in [-0.05, 0) is 60.6 Å². The minimum atomic E-state index is -0.483. The van der Waals surface area contributed by atoms with Gasteiger partial charge in [-0.2, -0.15) is 0 Å². The zero-order valence-electron chi connectivity index (χ0n) is 14.5. The van der Waals surface area contributed by atoms with Crippen molar-refractivity contribution in [3.05, 3.63) is 59.4 Å². The number of aryl methyl sites for hydroxylation is 1. The van der Waals surface area contributed by atoms with Crippen LogP contribution >= 0.6 is 0 Å². The van der Waals surface area contributed by atoms with Crippen molar-refractivity contribution in [3.8, 4) is 0 Å². The van der Waals surface area contributed by atoms with Gasteiger partial charge in [-0.25, -0.2) is 4.39 Å². The van der Waals surface area contributed by atoms with Gasteiger partial charge >= 0.3 is 0 Å². The lowest BCUT2D eigenvalue weighted by Gasteiger charge is -2.17. The molecule has 0 bridgehead atoms. The molecule has 0 radical (unpaired) electrons. The number of carbonyl (C=O) groups is 1. The number of anilines is 2. The summed E-state index contributed by atoms with van der Waals surface area (Å²) in [7, 11) is 0. The Hall–Kier alpha value is -2.36. The second-order valence-electron chi connectivity index (χ2n) is 7.30. The monoisotopic (exact) mass is 328 g/mol. The van der Waals surface area contributed by atoms with E-state index in [9.17, 15) is 9.18 Å². The summed E-state index contributed by atoms with van der Waals surface area (Å²) >= 11 is 0. The van der Waals surface area contributed by atoms with E-state index in [4.69, 9.17) is 5.73 Å². The number of nitrogen functional groups attached to an aromatic ring is 1. The van der Waals surface area contributed by atoms with E-state index >= 15 is 0 Å². The van der Waals surface area contributed by atoms with Gasteiger partial charge in [0, 0.05) is 11.4 Å². The minimum absolute atomic E-state index is 0.143. The molecular formula is C20H25FN2O. The average molecular weight is 328 g/mol. The van der Waals surface area contributed by atoms with Crippen molar-refractivity contribution in [1.29, 1.82) is 0 Å². The van der Waals surface area contributed by atoms with Gasteiger partial charge < -0.3 is 11.1 Å². The second kappa shape index (κ2) is 7.47. The molecule has 0 fully saturated rings. The maximum absolute atomic E-state index is 13.3. The fraction of sp³-hybridized carbons (Fsp3) is 0.350. The Bertz CT molecular complexity index is 703. The first kappa shape index (κ1) is 18.0. The molecule has 0 aliphatic rings. The molecule has 2 rings (SSSR count). The fourth-order valence-corrected chi connectivity index (χ4v) is 2.50. The van der Waals surface area contributed by atoms with Gasteiger partial charge in [0.05, 0.1) is 5.56 Å². The van der Waals surface area contributed by atoms with Crippen molar-refractivity contribution in [3.63, 3.8) is 0 Å². The molecule has 0 saturated heterocycles. The molecule has 3 nitrogen and oxygen atoms in total. The predicted octanol–water partition coefficient (Wildman–Crippen LogP) is 5.03. The lowest BCUT2D eigenvalue weighted by atomic mass is 9.89. The molecule has 3 N–H and O–H groups in total. The molecular weight excluding hydrogens is 303 g/mol. The molecule has 2 aromatic rings. The summed E-state index contributed by atoms with van der Waals surface area (Å²) in [5.41, 5.74) is 8.38. The smallest absolute Gasteiger partial charge is 0.257 e. The highest BCUT2D eigenvalue weighted by Crippen LogP contribution is 2.22. The molecule has 0 saturated carbocycles. The van der Waals surface area contributed by atoms with Crippen molar-refractivity contribution in [2.45, 2.75) is 40.0 Å². The van der Waals surface area contributed by atoms with Crippen molar-refractivity contribution in [2.75, 3.05) is 11.1 Å². The van der Waals surface area contributed by atoms with Gasteiger partial charge in [-0.1, -0.05) is 32.9 Å². The summed E-state index contributed by atoms with van der Waals surface area (Å²) in [6.07, 6.45) is 3.32. The Kier molecular flexibility index (Phi) is 5.60. The molecule has 2 aromatic carbocycles. The largest absolute Gasteiger partial charge is 0.398 e. The number of halogens is 1. The van der Waals surface area contributed by atoms with Crippen LogP contribution < -0.4 is 11.1 Å². The van der Waals surface area contributed by atoms with Crippen LogP contribution in [0.2, 0.25) is 0 Å². The molecule has 0 atom stereocenters. The molecule has 128 valence electrons. The Morgan fingerprint density at radius 2 is 1.79 bits per heavy atom. The van der Waals surface area contributed by atoms with Crippen LogP contribution in [0.3, 0.4) is 0 Å². The first-order chi connectivity index (χ1) is 11.2. The molecule has 0 aromatic heterocycles. The number of benzene rings is 2. The number of amides is 1. The fourth-order valence-electron chi connectivity index (χ4n) is 2.50. The highest BCUT2D eigenvalue weighted by Gasteiger charge is 2.12. The van der Waals surface area contributed by atoms with Crippen LogP contribution in [0.15, 0.2) is 42.5 Å². The predicted molar refractivity (Wildman–Crippen MR) is 97.6 cm³/mol. The number of rotatable bonds is 5. The summed E-state index contributed by atoms with van der Waals surface area (Å²) in [5, 5.41) is 2.75. The first-order valence-electron chi connectivity index (χ1n) is 8.20. The Morgan fingerprint density at radius 1 is 1.12 bits per heavy atom. The topological polar surface area (TPSA) is 55.1 Å². The highest BCUT2D eigenvalue weighted by atomic mass is 19.1. The van der Waals surface area contributed by atoms with Crippen LogP contribution in [0.4, 0.5) is 15.8 Å². The summed E-state index contributed by atoms with van der Waals surface area (Å²) in [6, 6.07) is 11.5. The number of nitrogens with two attached hydrogens (primary N) is 1. The quantitative estimate of drug-likeness (QED) is 0.756. The highest BCUT2D eigenvalue weighted by molar-refractivity contribution is 6.07. The molecule has 1 amide bonds. The summed E-state index contributed by atoms with van der Waals surface area (Å²) in [5.74, 6) is -0.893. The average Bonchev–Trinajstić information content (AvgIpc) is 2.50. The third-order valence-corrected chi connectivity index (χ3v) is 3.86. The maximum Gasteiger partial charge on any atom is 0.257 e. The molecule has 24 heavy (non-hydrogen) atoms. The molecule has 0 unspecified atom stereocenters. The Labute approximate surface area is 143 Å². The van der Waals surface area contributed by atoms with E-state index in [-0.39, 0.29) is 11.3 Å². The van der Waals surface area contributed by atoms with Gasteiger partial charge in [-0.3, -0.25) is 4.79 Å². The maximum atomic E-state index is 13.3. The lowest BCUT2D eigenvalue weighted by Crippen LogP contribution is -2.14. The summed E-state index contributed by atoms with van der Waals surface area (Å²) in [4.78, 5) is 12.2. The number of nitrogens with one attached hydrogen (secondary N) is 1. The second-order valence-corrected chi connectivity index (χ2v) is 7.30. The number of carbonyl (C=O) groups excluding carboxylic acids is 1. The zero-order valence-corrected chi connectivity index (χ0v) is 14.5. The number of hydrogen-bond donors (Lipinski definition) is 2. The Balaban J connectivity index is 1.96. The Morgan fingerprint density at radius 3 is 2.42 bits per heavy atom.